The number of methoxy groups -OCH3 is 1. The number of nitrogens with zero attached hydrogens (tertiary/aromatic N) is 3. The molecule has 2 heterocycles. The monoisotopic (exact) mass is 459 g/mol. The van der Waals surface area contributed by atoms with E-state index in [1.165, 1.54) is 0 Å². The number of piperazine rings is 1. The number of cyclic esters (lactones) is 1. The average molecular weight is 460 g/mol. The fourth-order valence-corrected chi connectivity index (χ4v) is 5.19. The molecule has 2 fully saturated rings. The predicted molar refractivity (Wildman–Crippen MR) is 129 cm³/mol. The molecule has 0 N–H and O–H groups in total. The Hall–Kier alpha value is -3.61. The van der Waals surface area contributed by atoms with E-state index in [1.54, 1.807) is 13.2 Å². The Kier molecular flexibility index (Phi) is 6.09. The molecular weight excluding hydrogens is 430 g/mol. The average Bonchev–Trinajstić information content (AvgIpc) is 3.24. The molecule has 34 heavy (non-hydrogen) atoms. The van der Waals surface area contributed by atoms with Gasteiger partial charge in [0, 0.05) is 36.5 Å². The van der Waals surface area contributed by atoms with Crippen LogP contribution in [-0.2, 0) is 9.53 Å². The minimum atomic E-state index is -0.455. The molecule has 1 saturated heterocycles. The summed E-state index contributed by atoms with van der Waals surface area (Å²) in [7, 11) is 1.59. The number of aryl methyl sites for hydroxylation is 1. The lowest BCUT2D eigenvalue weighted by Gasteiger charge is -2.49. The van der Waals surface area contributed by atoms with E-state index in [0.717, 1.165) is 36.8 Å². The molecule has 1 aliphatic carbocycles. The molecule has 0 aromatic heterocycles. The van der Waals surface area contributed by atoms with Crippen molar-refractivity contribution in [2.24, 2.45) is 4.99 Å². The maximum Gasteiger partial charge on any atom is 0.365 e. The van der Waals surface area contributed by atoms with Crippen molar-refractivity contribution in [3.05, 3.63) is 77.1 Å². The summed E-state index contributed by atoms with van der Waals surface area (Å²) in [5.41, 5.74) is 2.81. The van der Waals surface area contributed by atoms with Crippen molar-refractivity contribution in [3.63, 3.8) is 0 Å². The highest BCUT2D eigenvalue weighted by Gasteiger charge is 2.40. The van der Waals surface area contributed by atoms with E-state index in [-0.39, 0.29) is 23.9 Å². The molecular formula is C27H29N3O4. The van der Waals surface area contributed by atoms with Gasteiger partial charge >= 0.3 is 5.97 Å². The minimum absolute atomic E-state index is 0.0894. The van der Waals surface area contributed by atoms with Crippen molar-refractivity contribution in [3.8, 4) is 5.75 Å². The van der Waals surface area contributed by atoms with E-state index < -0.39 is 5.97 Å². The fraction of sp³-hybridized carbons (Fsp3) is 0.370. The van der Waals surface area contributed by atoms with Gasteiger partial charge < -0.3 is 19.3 Å². The van der Waals surface area contributed by atoms with Gasteiger partial charge in [0.25, 0.3) is 5.91 Å². The van der Waals surface area contributed by atoms with Crippen molar-refractivity contribution in [1.82, 2.24) is 9.80 Å². The van der Waals surface area contributed by atoms with Gasteiger partial charge in [0.1, 0.15) is 5.75 Å². The Morgan fingerprint density at radius 1 is 1.09 bits per heavy atom. The van der Waals surface area contributed by atoms with Crippen LogP contribution in [-0.4, -0.2) is 59.9 Å². The van der Waals surface area contributed by atoms with Crippen LogP contribution in [0.5, 0.6) is 5.75 Å². The summed E-state index contributed by atoms with van der Waals surface area (Å²) in [5.74, 6) is 0.590. The Bertz CT molecular complexity index is 1170. The molecule has 3 aliphatic rings. The molecule has 2 aliphatic heterocycles. The molecule has 7 heteroatoms. The van der Waals surface area contributed by atoms with Gasteiger partial charge in [0.05, 0.1) is 13.2 Å². The van der Waals surface area contributed by atoms with Crippen molar-refractivity contribution < 1.29 is 19.1 Å². The molecule has 5 rings (SSSR count). The number of carbonyl (C=O) groups is 2. The van der Waals surface area contributed by atoms with Gasteiger partial charge in [-0.1, -0.05) is 36.6 Å². The zero-order chi connectivity index (χ0) is 23.7. The minimum Gasteiger partial charge on any atom is -0.497 e. The number of benzene rings is 2. The molecule has 176 valence electrons. The second-order valence-electron chi connectivity index (χ2n) is 9.08. The molecule has 2 unspecified atom stereocenters. The Labute approximate surface area is 199 Å². The lowest BCUT2D eigenvalue weighted by molar-refractivity contribution is -0.130. The smallest absolute Gasteiger partial charge is 0.365 e. The molecule has 0 radical (unpaired) electrons. The zero-order valence-corrected chi connectivity index (χ0v) is 19.6. The number of rotatable bonds is 4. The second kappa shape index (κ2) is 9.33. The number of hydrogen-bond donors (Lipinski definition) is 0. The molecule has 1 saturated carbocycles. The summed E-state index contributed by atoms with van der Waals surface area (Å²) in [6.45, 7) is 3.27. The van der Waals surface area contributed by atoms with Gasteiger partial charge in [-0.15, -0.1) is 0 Å². The van der Waals surface area contributed by atoms with Gasteiger partial charge in [0.15, 0.2) is 5.70 Å². The van der Waals surface area contributed by atoms with E-state index >= 15 is 0 Å². The molecule has 2 aromatic carbocycles. The predicted octanol–water partition coefficient (Wildman–Crippen LogP) is 3.92. The quantitative estimate of drug-likeness (QED) is 0.512. The van der Waals surface area contributed by atoms with Crippen LogP contribution in [0, 0.1) is 6.92 Å². The first-order chi connectivity index (χ1) is 16.5. The van der Waals surface area contributed by atoms with Gasteiger partial charge in [-0.05, 0) is 50.1 Å². The van der Waals surface area contributed by atoms with Crippen LogP contribution >= 0.6 is 0 Å². The Morgan fingerprint density at radius 3 is 2.68 bits per heavy atom. The van der Waals surface area contributed by atoms with Crippen molar-refractivity contribution in [2.75, 3.05) is 20.2 Å². The van der Waals surface area contributed by atoms with Gasteiger partial charge in [-0.3, -0.25) is 4.79 Å². The SMILES string of the molecule is COc1cccc(C2=NC(=CN3CCN(C(=O)c4cccc(C)c4)C4CCCCC43)C(=O)O2)c1. The number of ether oxygens (including phenoxy) is 2. The number of esters is 1. The van der Waals surface area contributed by atoms with Crippen LogP contribution in [0.15, 0.2) is 65.4 Å². The summed E-state index contributed by atoms with van der Waals surface area (Å²) >= 11 is 0. The van der Waals surface area contributed by atoms with E-state index in [4.69, 9.17) is 9.47 Å². The van der Waals surface area contributed by atoms with E-state index in [9.17, 15) is 9.59 Å². The zero-order valence-electron chi connectivity index (χ0n) is 19.6. The third kappa shape index (κ3) is 4.30. The van der Waals surface area contributed by atoms with E-state index in [1.807, 2.05) is 60.5 Å². The highest BCUT2D eigenvalue weighted by Crippen LogP contribution is 2.32. The lowest BCUT2D eigenvalue weighted by atomic mass is 9.86. The molecule has 0 spiro atoms. The molecule has 2 aromatic rings. The Balaban J connectivity index is 1.38. The summed E-state index contributed by atoms with van der Waals surface area (Å²) < 4.78 is 10.7. The highest BCUT2D eigenvalue weighted by molar-refractivity contribution is 6.11. The summed E-state index contributed by atoms with van der Waals surface area (Å²) in [5, 5.41) is 0. The third-order valence-electron chi connectivity index (χ3n) is 6.87. The van der Waals surface area contributed by atoms with Gasteiger partial charge in [0.2, 0.25) is 5.90 Å². The van der Waals surface area contributed by atoms with Crippen LogP contribution in [0.4, 0.5) is 0 Å². The standard InChI is InChI=1S/C27H29N3O4/c1-18-7-5-9-20(15-18)26(31)30-14-13-29(23-11-3-4-12-24(23)30)17-22-27(32)34-25(28-22)19-8-6-10-21(16-19)33-2/h5-10,15-17,23-24H,3-4,11-14H2,1-2H3. The normalized spacial score (nSPS) is 23.4. The van der Waals surface area contributed by atoms with E-state index in [0.29, 0.717) is 30.1 Å². The van der Waals surface area contributed by atoms with Crippen LogP contribution in [0.1, 0.15) is 47.2 Å². The maximum atomic E-state index is 13.3. The lowest BCUT2D eigenvalue weighted by Crippen LogP contribution is -2.60. The van der Waals surface area contributed by atoms with Gasteiger partial charge in [-0.2, -0.15) is 0 Å². The van der Waals surface area contributed by atoms with Crippen molar-refractivity contribution in [2.45, 2.75) is 44.7 Å². The maximum absolute atomic E-state index is 13.3. The highest BCUT2D eigenvalue weighted by atomic mass is 16.6. The van der Waals surface area contributed by atoms with Gasteiger partial charge in [-0.25, -0.2) is 9.79 Å². The topological polar surface area (TPSA) is 71.4 Å². The van der Waals surface area contributed by atoms with Crippen LogP contribution in [0.3, 0.4) is 0 Å². The Morgan fingerprint density at radius 2 is 1.88 bits per heavy atom. The summed E-state index contributed by atoms with van der Waals surface area (Å²) in [4.78, 5) is 34.7. The molecule has 1 amide bonds. The fourth-order valence-electron chi connectivity index (χ4n) is 5.19. The summed E-state index contributed by atoms with van der Waals surface area (Å²) in [6.07, 6.45) is 5.98. The molecule has 0 bridgehead atoms. The first-order valence-corrected chi connectivity index (χ1v) is 11.8. The van der Waals surface area contributed by atoms with Crippen LogP contribution in [0.2, 0.25) is 0 Å². The van der Waals surface area contributed by atoms with E-state index in [2.05, 4.69) is 9.89 Å². The van der Waals surface area contributed by atoms with Crippen LogP contribution in [0.25, 0.3) is 0 Å². The van der Waals surface area contributed by atoms with Crippen molar-refractivity contribution >= 4 is 17.8 Å². The molecule has 7 nitrogen and oxygen atoms in total. The first-order valence-electron chi connectivity index (χ1n) is 11.8. The van der Waals surface area contributed by atoms with Crippen molar-refractivity contribution in [1.29, 1.82) is 0 Å². The number of aliphatic imine (C=N–C) groups is 1. The third-order valence-corrected chi connectivity index (χ3v) is 6.87. The van der Waals surface area contributed by atoms with Crippen LogP contribution < -0.4 is 4.74 Å². The number of hydrogen-bond acceptors (Lipinski definition) is 6. The number of carbonyl (C=O) groups excluding carboxylic acids is 2. The first kappa shape index (κ1) is 22.2. The number of fused-ring (bicyclic) bond motifs is 1. The second-order valence-corrected chi connectivity index (χ2v) is 9.08. The largest absolute Gasteiger partial charge is 0.497 e. The molecule has 2 atom stereocenters. The number of amides is 1. The summed E-state index contributed by atoms with van der Waals surface area (Å²) in [6, 6.07) is 15.4.